The van der Waals surface area contributed by atoms with Crippen LogP contribution in [-0.2, 0) is 4.79 Å². The Bertz CT molecular complexity index is 711. The highest BCUT2D eigenvalue weighted by atomic mass is 35.5. The van der Waals surface area contributed by atoms with Gasteiger partial charge in [0.1, 0.15) is 0 Å². The SMILES string of the molecule is CC1CC(C)CN(C(=O)CSc2nnc(-c3ccccc3Cl)o2)C1. The second kappa shape index (κ2) is 7.57. The van der Waals surface area contributed by atoms with E-state index in [1.807, 2.05) is 23.1 Å². The Morgan fingerprint density at radius 1 is 1.29 bits per heavy atom. The number of rotatable bonds is 4. The van der Waals surface area contributed by atoms with Crippen molar-refractivity contribution in [1.29, 1.82) is 0 Å². The summed E-state index contributed by atoms with van der Waals surface area (Å²) in [5, 5.41) is 8.96. The van der Waals surface area contributed by atoms with E-state index in [1.165, 1.54) is 18.2 Å². The number of nitrogens with zero attached hydrogens (tertiary/aromatic N) is 3. The van der Waals surface area contributed by atoms with Gasteiger partial charge in [-0.1, -0.05) is 49.3 Å². The van der Waals surface area contributed by atoms with Crippen molar-refractivity contribution in [2.45, 2.75) is 25.5 Å². The molecule has 2 aromatic rings. The van der Waals surface area contributed by atoms with Crippen LogP contribution in [0.2, 0.25) is 5.02 Å². The highest BCUT2D eigenvalue weighted by molar-refractivity contribution is 7.99. The lowest BCUT2D eigenvalue weighted by Gasteiger charge is -2.34. The lowest BCUT2D eigenvalue weighted by molar-refractivity contribution is -0.130. The van der Waals surface area contributed by atoms with E-state index in [0.29, 0.717) is 39.3 Å². The zero-order valence-corrected chi connectivity index (χ0v) is 15.3. The van der Waals surface area contributed by atoms with E-state index >= 15 is 0 Å². The summed E-state index contributed by atoms with van der Waals surface area (Å²) in [5.41, 5.74) is 0.698. The Morgan fingerprint density at radius 3 is 2.71 bits per heavy atom. The molecule has 1 amide bonds. The van der Waals surface area contributed by atoms with Crippen LogP contribution in [0.15, 0.2) is 33.9 Å². The maximum atomic E-state index is 12.4. The number of carbonyl (C=O) groups excluding carboxylic acids is 1. The lowest BCUT2D eigenvalue weighted by Crippen LogP contribution is -2.43. The molecular weight excluding hydrogens is 346 g/mol. The first kappa shape index (κ1) is 17.3. The number of hydrogen-bond donors (Lipinski definition) is 0. The van der Waals surface area contributed by atoms with Gasteiger partial charge in [0.2, 0.25) is 11.8 Å². The van der Waals surface area contributed by atoms with Crippen molar-refractivity contribution in [3.63, 3.8) is 0 Å². The number of benzene rings is 1. The van der Waals surface area contributed by atoms with E-state index in [0.717, 1.165) is 13.1 Å². The number of piperidine rings is 1. The molecule has 2 heterocycles. The van der Waals surface area contributed by atoms with Gasteiger partial charge in [0.25, 0.3) is 5.22 Å². The number of carbonyl (C=O) groups is 1. The zero-order chi connectivity index (χ0) is 17.1. The van der Waals surface area contributed by atoms with Gasteiger partial charge >= 0.3 is 0 Å². The largest absolute Gasteiger partial charge is 0.411 e. The van der Waals surface area contributed by atoms with Crippen molar-refractivity contribution in [3.05, 3.63) is 29.3 Å². The molecule has 1 aliphatic rings. The van der Waals surface area contributed by atoms with Crippen LogP contribution < -0.4 is 0 Å². The summed E-state index contributed by atoms with van der Waals surface area (Å²) in [4.78, 5) is 14.3. The quantitative estimate of drug-likeness (QED) is 0.767. The maximum absolute atomic E-state index is 12.4. The van der Waals surface area contributed by atoms with Crippen molar-refractivity contribution in [2.24, 2.45) is 11.8 Å². The number of likely N-dealkylation sites (tertiary alicyclic amines) is 1. The van der Waals surface area contributed by atoms with Gasteiger partial charge in [0.05, 0.1) is 16.3 Å². The average Bonchev–Trinajstić information content (AvgIpc) is 3.01. The Kier molecular flexibility index (Phi) is 5.46. The Hall–Kier alpha value is -1.53. The molecule has 7 heteroatoms. The van der Waals surface area contributed by atoms with Crippen molar-refractivity contribution in [1.82, 2.24) is 15.1 Å². The molecule has 1 fully saturated rings. The number of halogens is 1. The third-order valence-corrected chi connectivity index (χ3v) is 5.18. The fourth-order valence-electron chi connectivity index (χ4n) is 3.09. The van der Waals surface area contributed by atoms with E-state index < -0.39 is 0 Å². The van der Waals surface area contributed by atoms with Gasteiger partial charge in [-0.3, -0.25) is 4.79 Å². The van der Waals surface area contributed by atoms with Gasteiger partial charge in [-0.05, 0) is 30.4 Å². The second-order valence-corrected chi connectivity index (χ2v) is 7.72. The van der Waals surface area contributed by atoms with Crippen LogP contribution in [0.25, 0.3) is 11.5 Å². The lowest BCUT2D eigenvalue weighted by atomic mass is 9.92. The third-order valence-electron chi connectivity index (χ3n) is 4.05. The summed E-state index contributed by atoms with van der Waals surface area (Å²) in [5.74, 6) is 1.91. The maximum Gasteiger partial charge on any atom is 0.277 e. The molecular formula is C17H20ClN3O2S. The van der Waals surface area contributed by atoms with Crippen LogP contribution in [0, 0.1) is 11.8 Å². The highest BCUT2D eigenvalue weighted by Gasteiger charge is 2.25. The summed E-state index contributed by atoms with van der Waals surface area (Å²) in [7, 11) is 0. The zero-order valence-electron chi connectivity index (χ0n) is 13.7. The molecule has 1 aliphatic heterocycles. The predicted molar refractivity (Wildman–Crippen MR) is 95.0 cm³/mol. The van der Waals surface area contributed by atoms with Crippen LogP contribution >= 0.6 is 23.4 Å². The van der Waals surface area contributed by atoms with Crippen molar-refractivity contribution in [2.75, 3.05) is 18.8 Å². The fourth-order valence-corrected chi connectivity index (χ4v) is 3.98. The van der Waals surface area contributed by atoms with Crippen LogP contribution in [0.4, 0.5) is 0 Å². The Balaban J connectivity index is 1.59. The molecule has 0 N–H and O–H groups in total. The van der Waals surface area contributed by atoms with E-state index in [9.17, 15) is 4.79 Å². The van der Waals surface area contributed by atoms with Crippen LogP contribution in [0.3, 0.4) is 0 Å². The Morgan fingerprint density at radius 2 is 2.00 bits per heavy atom. The third kappa shape index (κ3) is 4.11. The molecule has 1 saturated heterocycles. The van der Waals surface area contributed by atoms with Crippen LogP contribution in [0.1, 0.15) is 20.3 Å². The van der Waals surface area contributed by atoms with Gasteiger partial charge in [0.15, 0.2) is 0 Å². The second-order valence-electron chi connectivity index (χ2n) is 6.39. The molecule has 3 rings (SSSR count). The predicted octanol–water partition coefficient (Wildman–Crippen LogP) is 3.99. The van der Waals surface area contributed by atoms with Gasteiger partial charge < -0.3 is 9.32 Å². The summed E-state index contributed by atoms with van der Waals surface area (Å²) in [6.07, 6.45) is 1.18. The van der Waals surface area contributed by atoms with Crippen molar-refractivity contribution >= 4 is 29.3 Å². The van der Waals surface area contributed by atoms with E-state index in [2.05, 4.69) is 24.0 Å². The molecule has 0 bridgehead atoms. The van der Waals surface area contributed by atoms with Gasteiger partial charge in [-0.15, -0.1) is 10.2 Å². The van der Waals surface area contributed by atoms with Gasteiger partial charge in [-0.2, -0.15) is 0 Å². The first-order valence-electron chi connectivity index (χ1n) is 8.02. The molecule has 0 aliphatic carbocycles. The normalized spacial score (nSPS) is 21.0. The molecule has 0 radical (unpaired) electrons. The van der Waals surface area contributed by atoms with Crippen LogP contribution in [-0.4, -0.2) is 39.8 Å². The standard InChI is InChI=1S/C17H20ClN3O2S/c1-11-7-12(2)9-21(8-11)15(22)10-24-17-20-19-16(23-17)13-5-3-4-6-14(13)18/h3-6,11-12H,7-10H2,1-2H3. The van der Waals surface area contributed by atoms with Gasteiger partial charge in [0, 0.05) is 13.1 Å². The molecule has 0 spiro atoms. The molecule has 24 heavy (non-hydrogen) atoms. The molecule has 0 saturated carbocycles. The minimum atomic E-state index is 0.121. The van der Waals surface area contributed by atoms with E-state index in [1.54, 1.807) is 6.07 Å². The summed E-state index contributed by atoms with van der Waals surface area (Å²) in [6.45, 7) is 6.05. The Labute approximate surface area is 150 Å². The molecule has 2 unspecified atom stereocenters. The molecule has 2 atom stereocenters. The monoisotopic (exact) mass is 365 g/mol. The highest BCUT2D eigenvalue weighted by Crippen LogP contribution is 2.29. The summed E-state index contributed by atoms with van der Waals surface area (Å²) >= 11 is 7.40. The first-order chi connectivity index (χ1) is 11.5. The topological polar surface area (TPSA) is 59.2 Å². The number of aromatic nitrogens is 2. The number of hydrogen-bond acceptors (Lipinski definition) is 5. The average molecular weight is 366 g/mol. The number of thioether (sulfide) groups is 1. The molecule has 1 aromatic carbocycles. The molecule has 128 valence electrons. The molecule has 1 aromatic heterocycles. The van der Waals surface area contributed by atoms with E-state index in [-0.39, 0.29) is 5.91 Å². The fraction of sp³-hybridized carbons (Fsp3) is 0.471. The van der Waals surface area contributed by atoms with E-state index in [4.69, 9.17) is 16.0 Å². The van der Waals surface area contributed by atoms with Crippen LogP contribution in [0.5, 0.6) is 0 Å². The van der Waals surface area contributed by atoms with Crippen molar-refractivity contribution in [3.8, 4) is 11.5 Å². The van der Waals surface area contributed by atoms with Crippen molar-refractivity contribution < 1.29 is 9.21 Å². The number of amides is 1. The summed E-state index contributed by atoms with van der Waals surface area (Å²) in [6, 6.07) is 7.31. The first-order valence-corrected chi connectivity index (χ1v) is 9.38. The molecule has 5 nitrogen and oxygen atoms in total. The smallest absolute Gasteiger partial charge is 0.277 e. The minimum absolute atomic E-state index is 0.121. The van der Waals surface area contributed by atoms with Gasteiger partial charge in [-0.25, -0.2) is 0 Å². The summed E-state index contributed by atoms with van der Waals surface area (Å²) < 4.78 is 5.62. The minimum Gasteiger partial charge on any atom is -0.411 e.